The third kappa shape index (κ3) is 4.68. The number of aromatic nitrogens is 2. The van der Waals surface area contributed by atoms with Crippen molar-refractivity contribution in [2.75, 3.05) is 51.1 Å². The standard InChI is InChI=1S/C22H26F3N5O3/c1-26-19-15(22(23,24)25)12-27-21(29-19)28-16-7-6-14(20(31)30-8-10-33-11-9-30)18(32-2)17(16)13-4-3-5-13/h6-7,12-13H,3-5,8-11H2,1-2H3,(H2,26,27,28,29). The summed E-state index contributed by atoms with van der Waals surface area (Å²) in [6.45, 7) is 1.99. The molecule has 178 valence electrons. The van der Waals surface area contributed by atoms with Gasteiger partial charge in [0.05, 0.1) is 25.9 Å². The van der Waals surface area contributed by atoms with Gasteiger partial charge in [-0.2, -0.15) is 18.2 Å². The van der Waals surface area contributed by atoms with Gasteiger partial charge in [-0.3, -0.25) is 4.79 Å². The summed E-state index contributed by atoms with van der Waals surface area (Å²) in [5.74, 6) is 0.198. The first-order chi connectivity index (χ1) is 15.8. The van der Waals surface area contributed by atoms with Gasteiger partial charge in [0.25, 0.3) is 5.91 Å². The molecule has 2 N–H and O–H groups in total. The Hall–Kier alpha value is -3.08. The predicted octanol–water partition coefficient (Wildman–Crippen LogP) is 4.03. The van der Waals surface area contributed by atoms with Crippen LogP contribution in [0.3, 0.4) is 0 Å². The fourth-order valence-corrected chi connectivity index (χ4v) is 4.10. The zero-order chi connectivity index (χ0) is 23.6. The first kappa shape index (κ1) is 23.1. The monoisotopic (exact) mass is 465 g/mol. The summed E-state index contributed by atoms with van der Waals surface area (Å²) < 4.78 is 50.6. The van der Waals surface area contributed by atoms with E-state index in [4.69, 9.17) is 9.47 Å². The van der Waals surface area contributed by atoms with Crippen LogP contribution in [0.1, 0.15) is 46.7 Å². The highest BCUT2D eigenvalue weighted by Gasteiger charge is 2.35. The Kier molecular flexibility index (Phi) is 6.59. The highest BCUT2D eigenvalue weighted by Crippen LogP contribution is 2.47. The number of nitrogens with one attached hydrogen (secondary N) is 2. The van der Waals surface area contributed by atoms with Gasteiger partial charge in [0.2, 0.25) is 5.95 Å². The molecule has 1 aromatic carbocycles. The number of amides is 1. The number of carbonyl (C=O) groups excluding carboxylic acids is 1. The lowest BCUT2D eigenvalue weighted by atomic mass is 9.78. The number of ether oxygens (including phenoxy) is 2. The summed E-state index contributed by atoms with van der Waals surface area (Å²) in [6, 6.07) is 3.41. The summed E-state index contributed by atoms with van der Waals surface area (Å²) >= 11 is 0. The molecule has 2 fully saturated rings. The molecule has 1 saturated heterocycles. The van der Waals surface area contributed by atoms with Gasteiger partial charge in [0.15, 0.2) is 0 Å². The first-order valence-corrected chi connectivity index (χ1v) is 10.8. The Morgan fingerprint density at radius 1 is 1.24 bits per heavy atom. The highest BCUT2D eigenvalue weighted by atomic mass is 19.4. The molecule has 1 aliphatic heterocycles. The third-order valence-corrected chi connectivity index (χ3v) is 6.02. The molecule has 4 rings (SSSR count). The second-order valence-electron chi connectivity index (χ2n) is 7.97. The number of anilines is 3. The van der Waals surface area contributed by atoms with Gasteiger partial charge in [-0.15, -0.1) is 0 Å². The number of benzene rings is 1. The minimum Gasteiger partial charge on any atom is -0.496 e. The summed E-state index contributed by atoms with van der Waals surface area (Å²) in [5, 5.41) is 5.52. The van der Waals surface area contributed by atoms with E-state index in [0.29, 0.717) is 43.3 Å². The van der Waals surface area contributed by atoms with Gasteiger partial charge in [-0.05, 0) is 30.9 Å². The lowest BCUT2D eigenvalue weighted by molar-refractivity contribution is -0.137. The fourth-order valence-electron chi connectivity index (χ4n) is 4.10. The molecule has 1 aliphatic carbocycles. The minimum atomic E-state index is -4.57. The van der Waals surface area contributed by atoms with Gasteiger partial charge >= 0.3 is 6.18 Å². The predicted molar refractivity (Wildman–Crippen MR) is 116 cm³/mol. The van der Waals surface area contributed by atoms with E-state index in [1.54, 1.807) is 17.0 Å². The molecule has 0 bridgehead atoms. The van der Waals surface area contributed by atoms with E-state index in [1.807, 2.05) is 0 Å². The minimum absolute atomic E-state index is 0.0160. The van der Waals surface area contributed by atoms with Crippen LogP contribution >= 0.6 is 0 Å². The molecule has 11 heteroatoms. The second kappa shape index (κ2) is 9.42. The van der Waals surface area contributed by atoms with Crippen molar-refractivity contribution in [3.63, 3.8) is 0 Å². The largest absolute Gasteiger partial charge is 0.496 e. The maximum atomic E-state index is 13.2. The normalized spacial score (nSPS) is 16.8. The van der Waals surface area contributed by atoms with E-state index >= 15 is 0 Å². The zero-order valence-electron chi connectivity index (χ0n) is 18.5. The number of halogens is 3. The molecule has 2 aliphatic rings. The Bertz CT molecular complexity index is 1020. The van der Waals surface area contributed by atoms with Crippen molar-refractivity contribution in [1.82, 2.24) is 14.9 Å². The maximum absolute atomic E-state index is 13.2. The van der Waals surface area contributed by atoms with Crippen LogP contribution in [0.5, 0.6) is 5.75 Å². The first-order valence-electron chi connectivity index (χ1n) is 10.8. The Morgan fingerprint density at radius 3 is 2.55 bits per heavy atom. The molecule has 0 spiro atoms. The number of hydrogen-bond donors (Lipinski definition) is 2. The molecule has 8 nitrogen and oxygen atoms in total. The summed E-state index contributed by atoms with van der Waals surface area (Å²) in [5.41, 5.74) is 0.934. The van der Waals surface area contributed by atoms with Crippen LogP contribution in [0.15, 0.2) is 18.3 Å². The van der Waals surface area contributed by atoms with Crippen LogP contribution in [-0.2, 0) is 10.9 Å². The van der Waals surface area contributed by atoms with Gasteiger partial charge in [0.1, 0.15) is 17.1 Å². The molecule has 1 saturated carbocycles. The molecule has 1 amide bonds. The maximum Gasteiger partial charge on any atom is 0.421 e. The van der Waals surface area contributed by atoms with E-state index in [2.05, 4.69) is 20.6 Å². The molecule has 0 radical (unpaired) electrons. The van der Waals surface area contributed by atoms with Crippen molar-refractivity contribution in [1.29, 1.82) is 0 Å². The average Bonchev–Trinajstić information content (AvgIpc) is 2.78. The van der Waals surface area contributed by atoms with E-state index < -0.39 is 11.7 Å². The molecular formula is C22H26F3N5O3. The van der Waals surface area contributed by atoms with E-state index in [-0.39, 0.29) is 23.6 Å². The summed E-state index contributed by atoms with van der Waals surface area (Å²) in [4.78, 5) is 22.8. The lowest BCUT2D eigenvalue weighted by Gasteiger charge is -2.32. The Morgan fingerprint density at radius 2 is 1.97 bits per heavy atom. The zero-order valence-corrected chi connectivity index (χ0v) is 18.5. The molecule has 2 heterocycles. The molecular weight excluding hydrogens is 439 g/mol. The smallest absolute Gasteiger partial charge is 0.421 e. The van der Waals surface area contributed by atoms with Crippen molar-refractivity contribution in [2.45, 2.75) is 31.4 Å². The highest BCUT2D eigenvalue weighted by molar-refractivity contribution is 5.98. The van der Waals surface area contributed by atoms with Crippen LogP contribution < -0.4 is 15.4 Å². The van der Waals surface area contributed by atoms with Crippen LogP contribution in [0, 0.1) is 0 Å². The van der Waals surface area contributed by atoms with E-state index in [9.17, 15) is 18.0 Å². The van der Waals surface area contributed by atoms with Gasteiger partial charge in [-0.25, -0.2) is 4.98 Å². The number of nitrogens with zero attached hydrogens (tertiary/aromatic N) is 3. The molecule has 0 atom stereocenters. The van der Waals surface area contributed by atoms with Crippen molar-refractivity contribution in [3.05, 3.63) is 35.0 Å². The molecule has 2 aromatic rings. The number of morpholine rings is 1. The lowest BCUT2D eigenvalue weighted by Crippen LogP contribution is -2.40. The molecule has 0 unspecified atom stereocenters. The molecule has 1 aromatic heterocycles. The second-order valence-corrected chi connectivity index (χ2v) is 7.97. The van der Waals surface area contributed by atoms with Crippen LogP contribution in [0.25, 0.3) is 0 Å². The fraction of sp³-hybridized carbons (Fsp3) is 0.500. The van der Waals surface area contributed by atoms with E-state index in [0.717, 1.165) is 31.0 Å². The number of carbonyl (C=O) groups is 1. The van der Waals surface area contributed by atoms with Gasteiger partial charge in [-0.1, -0.05) is 6.42 Å². The van der Waals surface area contributed by atoms with Crippen LogP contribution in [-0.4, -0.2) is 61.2 Å². The van der Waals surface area contributed by atoms with Crippen molar-refractivity contribution >= 4 is 23.4 Å². The van der Waals surface area contributed by atoms with Gasteiger partial charge in [0, 0.05) is 37.6 Å². The summed E-state index contributed by atoms with van der Waals surface area (Å²) in [6.07, 6.45) is -0.919. The third-order valence-electron chi connectivity index (χ3n) is 6.02. The van der Waals surface area contributed by atoms with Crippen LogP contribution in [0.4, 0.5) is 30.6 Å². The number of hydrogen-bond acceptors (Lipinski definition) is 7. The topological polar surface area (TPSA) is 88.6 Å². The molecule has 33 heavy (non-hydrogen) atoms. The average molecular weight is 465 g/mol. The number of rotatable bonds is 6. The van der Waals surface area contributed by atoms with Crippen molar-refractivity contribution in [2.24, 2.45) is 0 Å². The Balaban J connectivity index is 1.71. The Labute approximate surface area is 189 Å². The number of alkyl halides is 3. The van der Waals surface area contributed by atoms with Gasteiger partial charge < -0.3 is 25.0 Å². The van der Waals surface area contributed by atoms with E-state index in [1.165, 1.54) is 14.2 Å². The number of methoxy groups -OCH3 is 1. The van der Waals surface area contributed by atoms with Crippen molar-refractivity contribution < 1.29 is 27.4 Å². The quantitative estimate of drug-likeness (QED) is 0.666. The SMILES string of the molecule is CNc1nc(Nc2ccc(C(=O)N3CCOCC3)c(OC)c2C2CCC2)ncc1C(F)(F)F. The van der Waals surface area contributed by atoms with Crippen molar-refractivity contribution in [3.8, 4) is 5.75 Å². The van der Waals surface area contributed by atoms with Crippen LogP contribution in [0.2, 0.25) is 0 Å². The summed E-state index contributed by atoms with van der Waals surface area (Å²) in [7, 11) is 2.89.